The fourth-order valence-electron chi connectivity index (χ4n) is 1.68. The van der Waals surface area contributed by atoms with E-state index >= 15 is 0 Å². The molecule has 0 aliphatic rings. The van der Waals surface area contributed by atoms with Gasteiger partial charge in [0.25, 0.3) is 0 Å². The normalized spacial score (nSPS) is 11.4. The van der Waals surface area contributed by atoms with Crippen molar-refractivity contribution in [3.63, 3.8) is 0 Å². The molecule has 0 unspecified atom stereocenters. The summed E-state index contributed by atoms with van der Waals surface area (Å²) in [5.41, 5.74) is 5.36. The number of hydrogen-bond acceptors (Lipinski definition) is 3. The Hall–Kier alpha value is -2.09. The number of aromatic nitrogens is 2. The summed E-state index contributed by atoms with van der Waals surface area (Å²) in [4.78, 5) is 0.198. The smallest absolute Gasteiger partial charge is 0.419 e. The summed E-state index contributed by atoms with van der Waals surface area (Å²) in [7, 11) is 0. The number of nitrogens with zero attached hydrogens (tertiary/aromatic N) is 2. The molecule has 1 heterocycles. The SMILES string of the molecule is NC(=S)c1ccccc1OCCn1cc(C(F)(F)F)cn1. The second kappa shape index (κ2) is 6.13. The minimum Gasteiger partial charge on any atom is -0.491 e. The Morgan fingerprint density at radius 3 is 2.67 bits per heavy atom. The van der Waals surface area contributed by atoms with Crippen molar-refractivity contribution in [2.24, 2.45) is 5.73 Å². The number of nitrogens with two attached hydrogens (primary N) is 1. The van der Waals surface area contributed by atoms with E-state index in [9.17, 15) is 13.2 Å². The predicted molar refractivity (Wildman–Crippen MR) is 75.1 cm³/mol. The molecular weight excluding hydrogens is 303 g/mol. The standard InChI is InChI=1S/C13H12F3N3OS/c14-13(15,16)9-7-18-19(8-9)5-6-20-11-4-2-1-3-10(11)12(17)21/h1-4,7-8H,5-6H2,(H2,17,21). The molecule has 2 N–H and O–H groups in total. The van der Waals surface area contributed by atoms with Gasteiger partial charge in [-0.05, 0) is 12.1 Å². The van der Waals surface area contributed by atoms with E-state index in [4.69, 9.17) is 22.7 Å². The first-order chi connectivity index (χ1) is 9.88. The average molecular weight is 315 g/mol. The molecule has 112 valence electrons. The molecule has 0 saturated heterocycles. The van der Waals surface area contributed by atoms with Crippen molar-refractivity contribution >= 4 is 17.2 Å². The Morgan fingerprint density at radius 2 is 2.05 bits per heavy atom. The molecule has 4 nitrogen and oxygen atoms in total. The van der Waals surface area contributed by atoms with Gasteiger partial charge in [0, 0.05) is 6.20 Å². The van der Waals surface area contributed by atoms with E-state index in [-0.39, 0.29) is 18.1 Å². The highest BCUT2D eigenvalue weighted by Crippen LogP contribution is 2.28. The minimum atomic E-state index is -4.39. The summed E-state index contributed by atoms with van der Waals surface area (Å²) in [6.45, 7) is 0.334. The molecule has 0 amide bonds. The highest BCUT2D eigenvalue weighted by Gasteiger charge is 2.32. The van der Waals surface area contributed by atoms with E-state index in [1.165, 1.54) is 4.68 Å². The Bertz CT molecular complexity index is 640. The van der Waals surface area contributed by atoms with Gasteiger partial charge in [0.05, 0.1) is 23.9 Å². The van der Waals surface area contributed by atoms with Crippen molar-refractivity contribution in [1.29, 1.82) is 0 Å². The summed E-state index contributed by atoms with van der Waals surface area (Å²) >= 11 is 4.89. The van der Waals surface area contributed by atoms with E-state index in [2.05, 4.69) is 5.10 Å². The van der Waals surface area contributed by atoms with Crippen LogP contribution in [-0.4, -0.2) is 21.4 Å². The van der Waals surface area contributed by atoms with Crippen LogP contribution in [0.4, 0.5) is 13.2 Å². The van der Waals surface area contributed by atoms with Gasteiger partial charge in [-0.3, -0.25) is 4.68 Å². The largest absolute Gasteiger partial charge is 0.491 e. The summed E-state index contributed by atoms with van der Waals surface area (Å²) in [6, 6.07) is 6.93. The van der Waals surface area contributed by atoms with Gasteiger partial charge in [0.1, 0.15) is 17.3 Å². The molecule has 2 rings (SSSR count). The third kappa shape index (κ3) is 3.94. The Morgan fingerprint density at radius 1 is 1.33 bits per heavy atom. The van der Waals surface area contributed by atoms with Crippen LogP contribution in [-0.2, 0) is 12.7 Å². The van der Waals surface area contributed by atoms with E-state index < -0.39 is 11.7 Å². The molecule has 0 spiro atoms. The highest BCUT2D eigenvalue weighted by atomic mass is 32.1. The summed E-state index contributed by atoms with van der Waals surface area (Å²) in [5, 5.41) is 3.64. The lowest BCUT2D eigenvalue weighted by Crippen LogP contribution is -2.14. The zero-order valence-electron chi connectivity index (χ0n) is 10.8. The van der Waals surface area contributed by atoms with E-state index in [1.807, 2.05) is 0 Å². The molecule has 2 aromatic rings. The van der Waals surface area contributed by atoms with Crippen LogP contribution in [0.3, 0.4) is 0 Å². The van der Waals surface area contributed by atoms with E-state index in [0.29, 0.717) is 11.3 Å². The van der Waals surface area contributed by atoms with E-state index in [1.54, 1.807) is 24.3 Å². The van der Waals surface area contributed by atoms with Gasteiger partial charge in [-0.15, -0.1) is 0 Å². The van der Waals surface area contributed by atoms with Gasteiger partial charge >= 0.3 is 6.18 Å². The van der Waals surface area contributed by atoms with Crippen molar-refractivity contribution in [3.8, 4) is 5.75 Å². The number of halogens is 3. The van der Waals surface area contributed by atoms with Gasteiger partial charge in [0.15, 0.2) is 0 Å². The average Bonchev–Trinajstić information content (AvgIpc) is 2.88. The van der Waals surface area contributed by atoms with Crippen LogP contribution in [0, 0.1) is 0 Å². The maximum absolute atomic E-state index is 12.4. The van der Waals surface area contributed by atoms with Crippen LogP contribution in [0.2, 0.25) is 0 Å². The number of benzene rings is 1. The summed E-state index contributed by atoms with van der Waals surface area (Å²) < 4.78 is 43.9. The van der Waals surface area contributed by atoms with Crippen molar-refractivity contribution in [1.82, 2.24) is 9.78 Å². The number of para-hydroxylation sites is 1. The zero-order valence-corrected chi connectivity index (χ0v) is 11.6. The first kappa shape index (κ1) is 15.3. The first-order valence-corrected chi connectivity index (χ1v) is 6.40. The maximum Gasteiger partial charge on any atom is 0.419 e. The molecule has 0 aliphatic carbocycles. The Labute approximate surface area is 124 Å². The molecule has 0 aliphatic heterocycles. The van der Waals surface area contributed by atoms with Crippen LogP contribution >= 0.6 is 12.2 Å². The number of hydrogen-bond donors (Lipinski definition) is 1. The molecule has 0 bridgehead atoms. The fraction of sp³-hybridized carbons (Fsp3) is 0.231. The topological polar surface area (TPSA) is 53.1 Å². The fourth-order valence-corrected chi connectivity index (χ4v) is 1.85. The summed E-state index contributed by atoms with van der Waals surface area (Å²) in [5.74, 6) is 0.494. The number of rotatable bonds is 5. The van der Waals surface area contributed by atoms with Crippen LogP contribution in [0.15, 0.2) is 36.7 Å². The molecule has 1 aromatic carbocycles. The number of thiocarbonyl (C=S) groups is 1. The third-order valence-electron chi connectivity index (χ3n) is 2.69. The van der Waals surface area contributed by atoms with E-state index in [0.717, 1.165) is 12.4 Å². The monoisotopic (exact) mass is 315 g/mol. The van der Waals surface area contributed by atoms with Gasteiger partial charge < -0.3 is 10.5 Å². The number of alkyl halides is 3. The molecule has 0 radical (unpaired) electrons. The third-order valence-corrected chi connectivity index (χ3v) is 2.91. The molecular formula is C13H12F3N3OS. The lowest BCUT2D eigenvalue weighted by atomic mass is 10.2. The number of ether oxygens (including phenoxy) is 1. The molecule has 21 heavy (non-hydrogen) atoms. The van der Waals surface area contributed by atoms with Crippen LogP contribution < -0.4 is 10.5 Å². The second-order valence-corrected chi connectivity index (χ2v) is 4.64. The van der Waals surface area contributed by atoms with Crippen molar-refractivity contribution < 1.29 is 17.9 Å². The first-order valence-electron chi connectivity index (χ1n) is 5.99. The van der Waals surface area contributed by atoms with Crippen LogP contribution in [0.1, 0.15) is 11.1 Å². The quantitative estimate of drug-likeness (QED) is 0.862. The lowest BCUT2D eigenvalue weighted by Gasteiger charge is -2.10. The van der Waals surface area contributed by atoms with Crippen molar-refractivity contribution in [2.45, 2.75) is 12.7 Å². The highest BCUT2D eigenvalue weighted by molar-refractivity contribution is 7.80. The van der Waals surface area contributed by atoms with Crippen molar-refractivity contribution in [2.75, 3.05) is 6.61 Å². The maximum atomic E-state index is 12.4. The Kier molecular flexibility index (Phi) is 4.46. The molecule has 0 fully saturated rings. The summed E-state index contributed by atoms with van der Waals surface area (Å²) in [6.07, 6.45) is -2.68. The minimum absolute atomic E-state index is 0.151. The second-order valence-electron chi connectivity index (χ2n) is 4.20. The molecule has 1 aromatic heterocycles. The lowest BCUT2D eigenvalue weighted by molar-refractivity contribution is -0.137. The van der Waals surface area contributed by atoms with Crippen LogP contribution in [0.25, 0.3) is 0 Å². The van der Waals surface area contributed by atoms with Gasteiger partial charge in [-0.25, -0.2) is 0 Å². The molecule has 0 saturated carbocycles. The van der Waals surface area contributed by atoms with Crippen LogP contribution in [0.5, 0.6) is 5.75 Å². The van der Waals surface area contributed by atoms with Gasteiger partial charge in [0.2, 0.25) is 0 Å². The molecule has 0 atom stereocenters. The predicted octanol–water partition coefficient (Wildman–Crippen LogP) is 2.62. The molecule has 8 heteroatoms. The van der Waals surface area contributed by atoms with Gasteiger partial charge in [-0.1, -0.05) is 24.4 Å². The Balaban J connectivity index is 1.96. The zero-order chi connectivity index (χ0) is 15.5. The van der Waals surface area contributed by atoms with Crippen molar-refractivity contribution in [3.05, 3.63) is 47.8 Å². The van der Waals surface area contributed by atoms with Gasteiger partial charge in [-0.2, -0.15) is 18.3 Å².